The highest BCUT2D eigenvalue weighted by Crippen LogP contribution is 2.30. The van der Waals surface area contributed by atoms with Crippen molar-refractivity contribution < 1.29 is 32.7 Å². The van der Waals surface area contributed by atoms with Gasteiger partial charge in [-0.2, -0.15) is 8.42 Å². The van der Waals surface area contributed by atoms with Gasteiger partial charge in [0, 0.05) is 32.4 Å². The van der Waals surface area contributed by atoms with Gasteiger partial charge in [-0.15, -0.1) is 11.3 Å². The highest BCUT2D eigenvalue weighted by atomic mass is 32.2. The number of nitrogens with zero attached hydrogens (tertiary/aromatic N) is 3. The third kappa shape index (κ3) is 11.0. The second-order valence-electron chi connectivity index (χ2n) is 11.3. The Morgan fingerprint density at radius 2 is 1.87 bits per heavy atom. The number of aromatic nitrogens is 1. The van der Waals surface area contributed by atoms with Gasteiger partial charge in [-0.3, -0.25) is 14.4 Å². The highest BCUT2D eigenvalue weighted by Gasteiger charge is 2.17. The number of hydrogen-bond donors (Lipinski definition) is 3. The van der Waals surface area contributed by atoms with Gasteiger partial charge >= 0.3 is 0 Å². The average Bonchev–Trinajstić information content (AvgIpc) is 3.02. The summed E-state index contributed by atoms with van der Waals surface area (Å²) in [6, 6.07) is 12.1. The number of rotatable bonds is 18. The van der Waals surface area contributed by atoms with E-state index in [1.807, 2.05) is 37.3 Å². The largest absolute Gasteiger partial charge is 0.393 e. The molecule has 0 radical (unpaired) electrons. The quantitative estimate of drug-likeness (QED) is 0.102. The van der Waals surface area contributed by atoms with Crippen LogP contribution in [-0.4, -0.2) is 91.8 Å². The maximum absolute atomic E-state index is 11.8. The molecule has 10 nitrogen and oxygen atoms in total. The summed E-state index contributed by atoms with van der Waals surface area (Å²) in [7, 11) is -2.64. The topological polar surface area (TPSA) is 142 Å². The van der Waals surface area contributed by atoms with E-state index >= 15 is 0 Å². The van der Waals surface area contributed by atoms with Crippen molar-refractivity contribution in [2.24, 2.45) is 4.99 Å². The first-order chi connectivity index (χ1) is 21.7. The Kier molecular flexibility index (Phi) is 13.6. The zero-order chi connectivity index (χ0) is 32.2. The molecule has 0 saturated heterocycles. The summed E-state index contributed by atoms with van der Waals surface area (Å²) in [5.74, 6) is 0. The van der Waals surface area contributed by atoms with E-state index in [1.165, 1.54) is 12.2 Å². The molecule has 12 heteroatoms. The third-order valence-corrected chi connectivity index (χ3v) is 9.81. The highest BCUT2D eigenvalue weighted by molar-refractivity contribution is 7.90. The van der Waals surface area contributed by atoms with Crippen molar-refractivity contribution in [1.29, 1.82) is 0 Å². The summed E-state index contributed by atoms with van der Waals surface area (Å²) >= 11 is 1.63. The van der Waals surface area contributed by atoms with Crippen molar-refractivity contribution in [3.8, 4) is 10.6 Å². The summed E-state index contributed by atoms with van der Waals surface area (Å²) < 4.78 is 45.4. The maximum atomic E-state index is 11.8. The molecule has 3 N–H and O–H groups in total. The molecule has 45 heavy (non-hydrogen) atoms. The molecule has 246 valence electrons. The number of fused-ring (bicyclic) bond motifs is 2. The van der Waals surface area contributed by atoms with Crippen molar-refractivity contribution in [3.63, 3.8) is 0 Å². The van der Waals surface area contributed by atoms with Crippen LogP contribution in [0.15, 0.2) is 64.1 Å². The predicted molar refractivity (Wildman–Crippen MR) is 178 cm³/mol. The van der Waals surface area contributed by atoms with Gasteiger partial charge in [0.1, 0.15) is 0 Å². The van der Waals surface area contributed by atoms with E-state index < -0.39 is 16.2 Å². The molecule has 2 unspecified atom stereocenters. The molecule has 0 bridgehead atoms. The fourth-order valence-electron chi connectivity index (χ4n) is 5.16. The Labute approximate surface area is 269 Å². The molecule has 0 fully saturated rings. The van der Waals surface area contributed by atoms with Gasteiger partial charge in [0.05, 0.1) is 63.1 Å². The smallest absolute Gasteiger partial charge is 0.294 e. The monoisotopic (exact) mass is 659 g/mol. The van der Waals surface area contributed by atoms with Crippen LogP contribution in [0.2, 0.25) is 0 Å². The van der Waals surface area contributed by atoms with Crippen LogP contribution in [-0.2, 0) is 26.0 Å². The van der Waals surface area contributed by atoms with Crippen LogP contribution in [0.25, 0.3) is 20.8 Å². The lowest BCUT2D eigenvalue weighted by Crippen LogP contribution is -2.34. The first-order valence-electron chi connectivity index (χ1n) is 15.6. The number of methoxy groups -OCH3 is 1. The van der Waals surface area contributed by atoms with E-state index in [4.69, 9.17) is 19.5 Å². The van der Waals surface area contributed by atoms with E-state index in [0.29, 0.717) is 70.6 Å². The van der Waals surface area contributed by atoms with E-state index in [2.05, 4.69) is 11.0 Å². The summed E-state index contributed by atoms with van der Waals surface area (Å²) in [4.78, 5) is 12.9. The van der Waals surface area contributed by atoms with Gasteiger partial charge in [-0.25, -0.2) is 4.98 Å². The van der Waals surface area contributed by atoms with Crippen molar-refractivity contribution >= 4 is 31.7 Å². The summed E-state index contributed by atoms with van der Waals surface area (Å²) in [6.45, 7) is 5.28. The van der Waals surface area contributed by atoms with Crippen molar-refractivity contribution in [2.45, 2.75) is 64.1 Å². The van der Waals surface area contributed by atoms with Crippen LogP contribution in [0.5, 0.6) is 0 Å². The minimum Gasteiger partial charge on any atom is -0.393 e. The summed E-state index contributed by atoms with van der Waals surface area (Å²) in [5.41, 5.74) is 3.37. The number of allylic oxidation sites excluding steroid dienone is 3. The van der Waals surface area contributed by atoms with Gasteiger partial charge in [-0.1, -0.05) is 25.1 Å². The van der Waals surface area contributed by atoms with Crippen molar-refractivity contribution in [2.75, 3.05) is 46.6 Å². The Hall–Kier alpha value is -2.55. The standard InChI is InChI=1S/C33H45N3O7S2/c1-3-26(37)9-7-10-27(38)23-43-19-17-36(16-18-42-2)15-14-24-20-31-33(44-32-13-5-4-12-29(32)35-31)22-30(24)34-25-8-6-11-28(21-25)45(39,40)41/h4-5,11-13,20-22,26-27,37-38H,3,6-10,14-19,23H2,1-2H3,(H,39,40,41)/b34-30+. The summed E-state index contributed by atoms with van der Waals surface area (Å²) in [6.07, 6.45) is 6.55. The average molecular weight is 660 g/mol. The number of benzene rings is 2. The molecular weight excluding hydrogens is 615 g/mol. The number of hydrogen-bond acceptors (Lipinski definition) is 10. The molecule has 2 aliphatic carbocycles. The van der Waals surface area contributed by atoms with E-state index in [-0.39, 0.29) is 17.6 Å². The minimum atomic E-state index is -4.32. The second-order valence-corrected chi connectivity index (χ2v) is 13.8. The summed E-state index contributed by atoms with van der Waals surface area (Å²) in [5, 5.41) is 20.7. The maximum Gasteiger partial charge on any atom is 0.294 e. The molecule has 1 aromatic rings. The molecule has 1 heterocycles. The lowest BCUT2D eigenvalue weighted by Gasteiger charge is -2.23. The Bertz CT molecular complexity index is 1600. The molecule has 0 amide bonds. The first-order valence-corrected chi connectivity index (χ1v) is 17.8. The normalized spacial score (nSPS) is 15.9. The van der Waals surface area contributed by atoms with Crippen LogP contribution in [0.3, 0.4) is 0 Å². The number of aliphatic hydroxyl groups excluding tert-OH is 2. The molecule has 3 aliphatic rings. The van der Waals surface area contributed by atoms with Crippen LogP contribution in [0, 0.1) is 0 Å². The molecule has 1 aromatic carbocycles. The Balaban J connectivity index is 1.51. The number of ether oxygens (including phenoxy) is 2. The molecule has 0 aromatic heterocycles. The van der Waals surface area contributed by atoms with E-state index in [9.17, 15) is 23.2 Å². The van der Waals surface area contributed by atoms with Gasteiger partial charge in [-0.05, 0) is 80.9 Å². The molecule has 0 saturated carbocycles. The molecule has 2 atom stereocenters. The van der Waals surface area contributed by atoms with Crippen LogP contribution >= 0.6 is 11.3 Å². The van der Waals surface area contributed by atoms with E-state index in [0.717, 1.165) is 44.6 Å². The second kappa shape index (κ2) is 17.4. The fourth-order valence-corrected chi connectivity index (χ4v) is 6.76. The lowest BCUT2D eigenvalue weighted by molar-refractivity contribution is 0.0186. The van der Waals surface area contributed by atoms with Crippen LogP contribution < -0.4 is 5.36 Å². The third-order valence-electron chi connectivity index (χ3n) is 7.82. The van der Waals surface area contributed by atoms with Gasteiger partial charge in [0.25, 0.3) is 10.1 Å². The first kappa shape index (κ1) is 35.3. The van der Waals surface area contributed by atoms with Gasteiger partial charge < -0.3 is 19.7 Å². The van der Waals surface area contributed by atoms with Crippen molar-refractivity contribution in [1.82, 2.24) is 9.88 Å². The Morgan fingerprint density at radius 3 is 2.64 bits per heavy atom. The Morgan fingerprint density at radius 1 is 1.09 bits per heavy atom. The molecule has 4 rings (SSSR count). The van der Waals surface area contributed by atoms with Crippen molar-refractivity contribution in [3.05, 3.63) is 70.1 Å². The van der Waals surface area contributed by atoms with Crippen LogP contribution in [0.1, 0.15) is 51.0 Å². The minimum absolute atomic E-state index is 0.125. The molecule has 0 spiro atoms. The van der Waals surface area contributed by atoms with Gasteiger partial charge in [0.2, 0.25) is 0 Å². The zero-order valence-electron chi connectivity index (χ0n) is 26.1. The number of aliphatic hydroxyl groups is 2. The lowest BCUT2D eigenvalue weighted by atomic mass is 10.1. The number of para-hydroxylation sites is 1. The van der Waals surface area contributed by atoms with E-state index in [1.54, 1.807) is 18.4 Å². The molecule has 1 aliphatic heterocycles. The van der Waals surface area contributed by atoms with Gasteiger partial charge in [0.15, 0.2) is 0 Å². The predicted octanol–water partition coefficient (Wildman–Crippen LogP) is 4.56. The SMILES string of the molecule is CCC(O)CCCC(O)COCCN(CCOC)CCc1cc2nc3ccccc3sc-2c/c1=N\C1=CC(S(=O)(=O)O)=CCC1. The molecular formula is C33H45N3O7S2. The fraction of sp³-hybridized carbons (Fsp3) is 0.515. The zero-order valence-corrected chi connectivity index (χ0v) is 27.7. The van der Waals surface area contributed by atoms with Crippen LogP contribution in [0.4, 0.5) is 0 Å².